The molecule has 0 bridgehead atoms. The first-order chi connectivity index (χ1) is 6.94. The Morgan fingerprint density at radius 3 is 2.67 bits per heavy atom. The number of carbonyl (C=O) groups is 1. The van der Waals surface area contributed by atoms with Crippen LogP contribution in [0.5, 0.6) is 0 Å². The Bertz CT molecular complexity index is 281. The van der Waals surface area contributed by atoms with Crippen LogP contribution in [-0.4, -0.2) is 42.4 Å². The molecule has 15 heavy (non-hydrogen) atoms. The lowest BCUT2D eigenvalue weighted by atomic mass is 9.85. The molecule has 0 aliphatic carbocycles. The van der Waals surface area contributed by atoms with Gasteiger partial charge in [0.15, 0.2) is 0 Å². The van der Waals surface area contributed by atoms with Gasteiger partial charge in [0.2, 0.25) is 0 Å². The Hall–Kier alpha value is -0.710. The van der Waals surface area contributed by atoms with E-state index in [0.717, 1.165) is 13.1 Å². The zero-order chi connectivity index (χ0) is 11.2. The maximum atomic E-state index is 12.4. The largest absolute Gasteiger partial charge is 0.332 e. The molecule has 2 fully saturated rings. The molecule has 2 rings (SSSR count). The van der Waals surface area contributed by atoms with Gasteiger partial charge in [-0.15, -0.1) is 0 Å². The molecule has 0 aromatic heterocycles. The third-order valence-electron chi connectivity index (χ3n) is 3.81. The van der Waals surface area contributed by atoms with Crippen molar-refractivity contribution in [3.8, 4) is 0 Å². The van der Waals surface area contributed by atoms with Crippen LogP contribution in [0.4, 0.5) is 8.78 Å². The van der Waals surface area contributed by atoms with Crippen LogP contribution in [0.15, 0.2) is 0 Å². The normalized spacial score (nSPS) is 33.5. The molecule has 5 heteroatoms. The predicted molar refractivity (Wildman–Crippen MR) is 51.6 cm³/mol. The number of fused-ring (bicyclic) bond motifs is 1. The van der Waals surface area contributed by atoms with E-state index >= 15 is 0 Å². The molecule has 0 saturated carbocycles. The van der Waals surface area contributed by atoms with Crippen LogP contribution in [0.1, 0.15) is 13.8 Å². The minimum absolute atomic E-state index is 0.306. The van der Waals surface area contributed by atoms with Gasteiger partial charge >= 0.3 is 6.43 Å². The van der Waals surface area contributed by atoms with Crippen molar-refractivity contribution in [2.75, 3.05) is 19.6 Å². The molecule has 3 nitrogen and oxygen atoms in total. The van der Waals surface area contributed by atoms with E-state index in [0.29, 0.717) is 18.4 Å². The first kappa shape index (κ1) is 10.8. The second-order valence-electron chi connectivity index (χ2n) is 4.93. The van der Waals surface area contributed by atoms with E-state index in [4.69, 9.17) is 0 Å². The molecular formula is C10H16F2N2O. The summed E-state index contributed by atoms with van der Waals surface area (Å²) in [6.45, 7) is 5.88. The SMILES string of the molecule is CC1(C)C2CNCC2CN1C(=O)C(F)F. The Kier molecular flexibility index (Phi) is 2.45. The standard InChI is InChI=1S/C10H16F2N2O/c1-10(2)7-4-13-3-6(7)5-14(10)9(15)8(11)12/h6-8,13H,3-5H2,1-2H3. The molecule has 2 unspecified atom stereocenters. The molecule has 0 aromatic rings. The average Bonchev–Trinajstić information content (AvgIpc) is 2.67. The number of hydrogen-bond donors (Lipinski definition) is 1. The van der Waals surface area contributed by atoms with Gasteiger partial charge in [0, 0.05) is 25.2 Å². The molecule has 86 valence electrons. The highest BCUT2D eigenvalue weighted by atomic mass is 19.3. The molecule has 2 saturated heterocycles. The highest BCUT2D eigenvalue weighted by Gasteiger charge is 2.52. The summed E-state index contributed by atoms with van der Waals surface area (Å²) in [5.74, 6) is -0.378. The fourth-order valence-electron chi connectivity index (χ4n) is 2.91. The van der Waals surface area contributed by atoms with Crippen molar-refractivity contribution < 1.29 is 13.6 Å². The minimum atomic E-state index is -2.88. The molecular weight excluding hydrogens is 202 g/mol. The molecule has 2 heterocycles. The molecule has 2 aliphatic rings. The Morgan fingerprint density at radius 2 is 2.13 bits per heavy atom. The first-order valence-corrected chi connectivity index (χ1v) is 5.25. The van der Waals surface area contributed by atoms with E-state index in [1.807, 2.05) is 13.8 Å². The van der Waals surface area contributed by atoms with Crippen molar-refractivity contribution in [2.45, 2.75) is 25.8 Å². The summed E-state index contributed by atoms with van der Waals surface area (Å²) in [7, 11) is 0. The molecule has 2 atom stereocenters. The van der Waals surface area contributed by atoms with Crippen LogP contribution in [0, 0.1) is 11.8 Å². The third kappa shape index (κ3) is 1.53. The van der Waals surface area contributed by atoms with E-state index in [9.17, 15) is 13.6 Å². The van der Waals surface area contributed by atoms with Crippen molar-refractivity contribution >= 4 is 5.91 Å². The van der Waals surface area contributed by atoms with Crippen molar-refractivity contribution in [3.63, 3.8) is 0 Å². The quantitative estimate of drug-likeness (QED) is 0.703. The summed E-state index contributed by atoms with van der Waals surface area (Å²) in [5.41, 5.74) is -0.443. The van der Waals surface area contributed by atoms with Gasteiger partial charge in [-0.2, -0.15) is 8.78 Å². The van der Waals surface area contributed by atoms with Crippen LogP contribution in [0.25, 0.3) is 0 Å². The maximum Gasteiger partial charge on any atom is 0.315 e. The summed E-state index contributed by atoms with van der Waals surface area (Å²) in [5, 5.41) is 3.24. The fraction of sp³-hybridized carbons (Fsp3) is 0.900. The lowest BCUT2D eigenvalue weighted by Gasteiger charge is -2.35. The molecule has 0 aromatic carbocycles. The van der Waals surface area contributed by atoms with Crippen molar-refractivity contribution in [1.82, 2.24) is 10.2 Å². The molecule has 1 N–H and O–H groups in total. The second kappa shape index (κ2) is 3.40. The Balaban J connectivity index is 2.19. The number of nitrogens with one attached hydrogen (secondary N) is 1. The molecule has 1 amide bonds. The monoisotopic (exact) mass is 218 g/mol. The summed E-state index contributed by atoms with van der Waals surface area (Å²) < 4.78 is 24.8. The average molecular weight is 218 g/mol. The van der Waals surface area contributed by atoms with Crippen molar-refractivity contribution in [3.05, 3.63) is 0 Å². The Labute approximate surface area is 87.8 Å². The zero-order valence-corrected chi connectivity index (χ0v) is 8.96. The van der Waals surface area contributed by atoms with Gasteiger partial charge in [0.05, 0.1) is 0 Å². The number of carbonyl (C=O) groups excluding carboxylic acids is 1. The van der Waals surface area contributed by atoms with Gasteiger partial charge in [-0.05, 0) is 25.7 Å². The van der Waals surface area contributed by atoms with E-state index in [1.165, 1.54) is 4.90 Å². The lowest BCUT2D eigenvalue weighted by Crippen LogP contribution is -2.49. The van der Waals surface area contributed by atoms with E-state index in [2.05, 4.69) is 5.32 Å². The van der Waals surface area contributed by atoms with Gasteiger partial charge in [-0.3, -0.25) is 4.79 Å². The molecule has 0 radical (unpaired) electrons. The topological polar surface area (TPSA) is 32.3 Å². The summed E-state index contributed by atoms with van der Waals surface area (Å²) >= 11 is 0. The zero-order valence-electron chi connectivity index (χ0n) is 8.96. The smallest absolute Gasteiger partial charge is 0.315 e. The van der Waals surface area contributed by atoms with Gasteiger partial charge in [0.25, 0.3) is 5.91 Å². The van der Waals surface area contributed by atoms with E-state index < -0.39 is 17.9 Å². The predicted octanol–water partition coefficient (Wildman–Crippen LogP) is 0.708. The fourth-order valence-corrected chi connectivity index (χ4v) is 2.91. The van der Waals surface area contributed by atoms with Gasteiger partial charge in [-0.1, -0.05) is 0 Å². The van der Waals surface area contributed by atoms with Crippen LogP contribution >= 0.6 is 0 Å². The van der Waals surface area contributed by atoms with Crippen molar-refractivity contribution in [1.29, 1.82) is 0 Å². The third-order valence-corrected chi connectivity index (χ3v) is 3.81. The van der Waals surface area contributed by atoms with Crippen LogP contribution < -0.4 is 5.32 Å². The van der Waals surface area contributed by atoms with Crippen molar-refractivity contribution in [2.24, 2.45) is 11.8 Å². The number of rotatable bonds is 1. The molecule has 0 spiro atoms. The van der Waals surface area contributed by atoms with Crippen LogP contribution in [0.3, 0.4) is 0 Å². The number of hydrogen-bond acceptors (Lipinski definition) is 2. The summed E-state index contributed by atoms with van der Waals surface area (Å²) in [6, 6.07) is 0. The van der Waals surface area contributed by atoms with Gasteiger partial charge in [0.1, 0.15) is 0 Å². The molecule has 2 aliphatic heterocycles. The van der Waals surface area contributed by atoms with Crippen LogP contribution in [0.2, 0.25) is 0 Å². The first-order valence-electron chi connectivity index (χ1n) is 5.25. The summed E-state index contributed by atoms with van der Waals surface area (Å²) in [6.07, 6.45) is -2.88. The maximum absolute atomic E-state index is 12.4. The van der Waals surface area contributed by atoms with Gasteiger partial charge in [-0.25, -0.2) is 0 Å². The number of nitrogens with zero attached hydrogens (tertiary/aromatic N) is 1. The number of alkyl halides is 2. The Morgan fingerprint density at radius 1 is 1.47 bits per heavy atom. The highest BCUT2D eigenvalue weighted by Crippen LogP contribution is 2.40. The van der Waals surface area contributed by atoms with Crippen LogP contribution in [-0.2, 0) is 4.79 Å². The number of halogens is 2. The lowest BCUT2D eigenvalue weighted by molar-refractivity contribution is -0.147. The van der Waals surface area contributed by atoms with Gasteiger partial charge < -0.3 is 10.2 Å². The number of likely N-dealkylation sites (tertiary alicyclic amines) is 1. The highest BCUT2D eigenvalue weighted by molar-refractivity contribution is 5.80. The van der Waals surface area contributed by atoms with E-state index in [1.54, 1.807) is 0 Å². The van der Waals surface area contributed by atoms with E-state index in [-0.39, 0.29) is 0 Å². The number of amides is 1. The minimum Gasteiger partial charge on any atom is -0.332 e. The second-order valence-corrected chi connectivity index (χ2v) is 4.93. The summed E-state index contributed by atoms with van der Waals surface area (Å²) in [4.78, 5) is 12.7.